The van der Waals surface area contributed by atoms with Crippen molar-refractivity contribution in [2.45, 2.75) is 25.4 Å². The zero-order valence-electron chi connectivity index (χ0n) is 26.5. The fourth-order valence-electron chi connectivity index (χ4n) is 6.29. The van der Waals surface area contributed by atoms with Gasteiger partial charge in [0.05, 0.1) is 18.8 Å². The van der Waals surface area contributed by atoms with Crippen LogP contribution >= 0.6 is 0 Å². The number of rotatable bonds is 7. The molecule has 2 fully saturated rings. The van der Waals surface area contributed by atoms with E-state index in [0.717, 1.165) is 21.9 Å². The van der Waals surface area contributed by atoms with Crippen molar-refractivity contribution in [3.8, 4) is 5.75 Å². The van der Waals surface area contributed by atoms with Crippen LogP contribution in [0.15, 0.2) is 127 Å². The molecule has 5 aromatic carbocycles. The summed E-state index contributed by atoms with van der Waals surface area (Å²) in [5.41, 5.74) is 6.58. The number of hydrogen-bond donors (Lipinski definition) is 2. The van der Waals surface area contributed by atoms with E-state index in [-0.39, 0.29) is 30.9 Å². The molecule has 2 unspecified atom stereocenters. The molecule has 0 aromatic heterocycles. The van der Waals surface area contributed by atoms with Crippen molar-refractivity contribution in [3.05, 3.63) is 144 Å². The first-order chi connectivity index (χ1) is 23.5. The van der Waals surface area contributed by atoms with Crippen LogP contribution in [0.5, 0.6) is 5.75 Å². The van der Waals surface area contributed by atoms with Crippen molar-refractivity contribution < 1.29 is 19.1 Å². The molecule has 5 aromatic rings. The van der Waals surface area contributed by atoms with Crippen molar-refractivity contribution in [3.63, 3.8) is 0 Å². The number of carbonyl (C=O) groups is 3. The van der Waals surface area contributed by atoms with Crippen molar-refractivity contribution in [1.29, 1.82) is 0 Å². The number of fused-ring (bicyclic) bond motifs is 2. The number of hydrogen-bond acceptors (Lipinski definition) is 6. The van der Waals surface area contributed by atoms with Crippen LogP contribution in [0.3, 0.4) is 0 Å². The summed E-state index contributed by atoms with van der Waals surface area (Å²) in [6, 6.07) is 39.2. The molecule has 7 rings (SSSR count). The Hall–Kier alpha value is -5.71. The molecule has 0 bridgehead atoms. The molecule has 2 N–H and O–H groups in total. The van der Waals surface area contributed by atoms with Crippen molar-refractivity contribution >= 4 is 34.3 Å². The summed E-state index contributed by atoms with van der Waals surface area (Å²) in [7, 11) is 1.71. The van der Waals surface area contributed by atoms with Gasteiger partial charge in [-0.25, -0.2) is 25.2 Å². The lowest BCUT2D eigenvalue weighted by atomic mass is 10.0. The van der Waals surface area contributed by atoms with Gasteiger partial charge in [0.2, 0.25) is 0 Å². The number of ether oxygens (including phenoxy) is 1. The third-order valence-corrected chi connectivity index (χ3v) is 8.72. The molecule has 2 heterocycles. The smallest absolute Gasteiger partial charge is 0.334 e. The molecular formula is C38H36N6O4. The molecule has 2 aliphatic heterocycles. The lowest BCUT2D eigenvalue weighted by Gasteiger charge is -2.47. The van der Waals surface area contributed by atoms with E-state index in [1.54, 1.807) is 17.0 Å². The third kappa shape index (κ3) is 6.31. The number of likely N-dealkylation sites (N-methyl/N-ethyl adjacent to an activating group) is 1. The molecule has 48 heavy (non-hydrogen) atoms. The average molecular weight is 641 g/mol. The molecule has 10 nitrogen and oxygen atoms in total. The number of hydrazine groups is 2. The second kappa shape index (κ2) is 13.6. The standard InChI is InChI=1S/C38H36N6O4/c1-41-25-35(45)43-34(44(41)38(47)39-23-27-11-4-2-5-12-27)24-42(33-18-10-16-29-15-8-9-17-32(29)33)37(46)36(40-43)30-19-21-31(22-20-30)48-26-28-13-6-3-7-14-28/h2-22,34,36,40H,23-26H2,1H3,(H,39,47). The van der Waals surface area contributed by atoms with Gasteiger partial charge in [-0.15, -0.1) is 0 Å². The highest BCUT2D eigenvalue weighted by Gasteiger charge is 2.47. The predicted octanol–water partition coefficient (Wildman–Crippen LogP) is 5.24. The Kier molecular flexibility index (Phi) is 8.74. The maximum atomic E-state index is 14.7. The Labute approximate surface area is 279 Å². The maximum absolute atomic E-state index is 14.7. The third-order valence-electron chi connectivity index (χ3n) is 8.72. The molecule has 0 aliphatic carbocycles. The quantitative estimate of drug-likeness (QED) is 0.253. The van der Waals surface area contributed by atoms with E-state index < -0.39 is 12.2 Å². The van der Waals surface area contributed by atoms with Crippen LogP contribution in [0.1, 0.15) is 22.7 Å². The minimum Gasteiger partial charge on any atom is -0.489 e. The van der Waals surface area contributed by atoms with Crippen molar-refractivity contribution in [1.82, 2.24) is 25.8 Å². The summed E-state index contributed by atoms with van der Waals surface area (Å²) in [6.45, 7) is 0.716. The van der Waals surface area contributed by atoms with E-state index >= 15 is 0 Å². The minimum atomic E-state index is -0.918. The van der Waals surface area contributed by atoms with E-state index in [1.807, 2.05) is 127 Å². The Balaban J connectivity index is 1.23. The normalized spacial score (nSPS) is 18.4. The molecule has 242 valence electrons. The molecule has 2 saturated heterocycles. The number of nitrogens with one attached hydrogen (secondary N) is 2. The monoisotopic (exact) mass is 640 g/mol. The molecule has 2 atom stereocenters. The van der Waals surface area contributed by atoms with E-state index in [0.29, 0.717) is 30.2 Å². The Morgan fingerprint density at radius 2 is 1.48 bits per heavy atom. The van der Waals surface area contributed by atoms with Gasteiger partial charge < -0.3 is 15.0 Å². The zero-order chi connectivity index (χ0) is 33.0. The van der Waals surface area contributed by atoms with Gasteiger partial charge in [0.15, 0.2) is 6.17 Å². The second-order valence-corrected chi connectivity index (χ2v) is 11.9. The summed E-state index contributed by atoms with van der Waals surface area (Å²) < 4.78 is 6.00. The predicted molar refractivity (Wildman–Crippen MR) is 183 cm³/mol. The van der Waals surface area contributed by atoms with E-state index in [4.69, 9.17) is 4.74 Å². The molecule has 10 heteroatoms. The van der Waals surface area contributed by atoms with Gasteiger partial charge in [0.25, 0.3) is 11.8 Å². The maximum Gasteiger partial charge on any atom is 0.334 e. The van der Waals surface area contributed by atoms with Crippen LogP contribution in [-0.2, 0) is 22.7 Å². The zero-order valence-corrected chi connectivity index (χ0v) is 26.5. The van der Waals surface area contributed by atoms with Gasteiger partial charge in [0.1, 0.15) is 18.4 Å². The van der Waals surface area contributed by atoms with Crippen molar-refractivity contribution in [2.24, 2.45) is 0 Å². The molecule has 0 spiro atoms. The van der Waals surface area contributed by atoms with Gasteiger partial charge >= 0.3 is 6.03 Å². The number of carbonyl (C=O) groups excluding carboxylic acids is 3. The highest BCUT2D eigenvalue weighted by molar-refractivity contribution is 6.06. The van der Waals surface area contributed by atoms with Crippen LogP contribution in [0, 0.1) is 0 Å². The first kappa shape index (κ1) is 30.9. The highest BCUT2D eigenvalue weighted by atomic mass is 16.5. The topological polar surface area (TPSA) is 97.5 Å². The second-order valence-electron chi connectivity index (χ2n) is 11.9. The number of urea groups is 1. The molecule has 0 radical (unpaired) electrons. The van der Waals surface area contributed by atoms with Gasteiger partial charge in [-0.1, -0.05) is 109 Å². The SMILES string of the molecule is CN1CC(=O)N2NC(c3ccc(OCc4ccccc4)cc3)C(=O)N(c3cccc4ccccc34)CC2N1C(=O)NCc1ccccc1. The fourth-order valence-corrected chi connectivity index (χ4v) is 6.29. The van der Waals surface area contributed by atoms with E-state index in [9.17, 15) is 14.4 Å². The summed E-state index contributed by atoms with van der Waals surface area (Å²) in [4.78, 5) is 43.9. The average Bonchev–Trinajstić information content (AvgIpc) is 3.27. The Morgan fingerprint density at radius 1 is 0.812 bits per heavy atom. The molecular weight excluding hydrogens is 604 g/mol. The van der Waals surface area contributed by atoms with Crippen LogP contribution in [0.2, 0.25) is 0 Å². The largest absolute Gasteiger partial charge is 0.489 e. The summed E-state index contributed by atoms with van der Waals surface area (Å²) in [5.74, 6) is 0.151. The van der Waals surface area contributed by atoms with Gasteiger partial charge in [-0.3, -0.25) is 9.59 Å². The van der Waals surface area contributed by atoms with Crippen LogP contribution < -0.4 is 20.4 Å². The summed E-state index contributed by atoms with van der Waals surface area (Å²) in [5, 5.41) is 9.43. The fraction of sp³-hybridized carbons (Fsp3) is 0.184. The van der Waals surface area contributed by atoms with Gasteiger partial charge in [-0.2, -0.15) is 0 Å². The number of amides is 4. The van der Waals surface area contributed by atoms with Crippen molar-refractivity contribution in [2.75, 3.05) is 25.0 Å². The van der Waals surface area contributed by atoms with E-state index in [2.05, 4.69) is 10.7 Å². The van der Waals surface area contributed by atoms with Crippen LogP contribution in [-0.4, -0.2) is 59.2 Å². The number of nitrogens with zero attached hydrogens (tertiary/aromatic N) is 4. The highest BCUT2D eigenvalue weighted by Crippen LogP contribution is 2.33. The van der Waals surface area contributed by atoms with Crippen LogP contribution in [0.25, 0.3) is 10.8 Å². The molecule has 2 aliphatic rings. The Bertz CT molecular complexity index is 1920. The minimum absolute atomic E-state index is 0.0451. The Morgan fingerprint density at radius 3 is 2.23 bits per heavy atom. The van der Waals surface area contributed by atoms with Gasteiger partial charge in [0, 0.05) is 19.0 Å². The molecule has 0 saturated carbocycles. The van der Waals surface area contributed by atoms with Crippen LogP contribution in [0.4, 0.5) is 10.5 Å². The van der Waals surface area contributed by atoms with E-state index in [1.165, 1.54) is 10.0 Å². The first-order valence-electron chi connectivity index (χ1n) is 15.9. The lowest BCUT2D eigenvalue weighted by molar-refractivity contribution is -0.169. The summed E-state index contributed by atoms with van der Waals surface area (Å²) in [6.07, 6.45) is -0.839. The number of anilines is 1. The van der Waals surface area contributed by atoms with Gasteiger partial charge in [-0.05, 0) is 40.3 Å². The lowest BCUT2D eigenvalue weighted by Crippen LogP contribution is -2.71. The first-order valence-corrected chi connectivity index (χ1v) is 15.9. The number of benzene rings is 5. The molecule has 4 amide bonds. The summed E-state index contributed by atoms with van der Waals surface area (Å²) >= 11 is 0.